The molecule has 0 saturated carbocycles. The number of aliphatic hydroxyl groups excluding tert-OH is 1. The van der Waals surface area contributed by atoms with E-state index < -0.39 is 16.1 Å². The first-order valence-corrected chi connectivity index (χ1v) is 8.08. The van der Waals surface area contributed by atoms with Crippen LogP contribution in [0.3, 0.4) is 0 Å². The highest BCUT2D eigenvalue weighted by Gasteiger charge is 2.20. The zero-order chi connectivity index (χ0) is 15.3. The molecule has 0 fully saturated rings. The molecule has 0 aromatic carbocycles. The summed E-state index contributed by atoms with van der Waals surface area (Å²) in [5.74, 6) is 0. The van der Waals surface area contributed by atoms with E-state index >= 15 is 0 Å². The summed E-state index contributed by atoms with van der Waals surface area (Å²) in [6.07, 6.45) is 4.89. The molecule has 2 heterocycles. The van der Waals surface area contributed by atoms with Crippen LogP contribution in [0.15, 0.2) is 41.7 Å². The standard InChI is InChI=1S/C13H18N4O3S/c1-11(13-5-2-3-6-14-13)16-21(19,20)12-9-15-17(10-12)7-4-8-18/h2-3,5-6,9-11,16,18H,4,7-8H2,1H3. The number of hydrogen-bond acceptors (Lipinski definition) is 5. The summed E-state index contributed by atoms with van der Waals surface area (Å²) in [6.45, 7) is 2.24. The number of hydrogen-bond donors (Lipinski definition) is 2. The maximum atomic E-state index is 12.3. The van der Waals surface area contributed by atoms with Crippen LogP contribution in [0, 0.1) is 0 Å². The maximum Gasteiger partial charge on any atom is 0.244 e. The zero-order valence-corrected chi connectivity index (χ0v) is 12.5. The van der Waals surface area contributed by atoms with E-state index in [1.807, 2.05) is 0 Å². The van der Waals surface area contributed by atoms with Crippen molar-refractivity contribution in [2.75, 3.05) is 6.61 Å². The molecule has 0 amide bonds. The number of rotatable bonds is 7. The molecule has 0 aliphatic carbocycles. The molecule has 2 rings (SSSR count). The summed E-state index contributed by atoms with van der Waals surface area (Å²) in [6, 6.07) is 4.91. The fraction of sp³-hybridized carbons (Fsp3) is 0.385. The first-order chi connectivity index (χ1) is 10.0. The SMILES string of the molecule is CC(NS(=O)(=O)c1cnn(CCCO)c1)c1ccccn1. The second-order valence-corrected chi connectivity index (χ2v) is 6.33. The van der Waals surface area contributed by atoms with Gasteiger partial charge in [-0.25, -0.2) is 13.1 Å². The van der Waals surface area contributed by atoms with Crippen molar-refractivity contribution in [2.45, 2.75) is 30.8 Å². The second kappa shape index (κ2) is 6.79. The molecule has 21 heavy (non-hydrogen) atoms. The average molecular weight is 310 g/mol. The second-order valence-electron chi connectivity index (χ2n) is 4.61. The van der Waals surface area contributed by atoms with Crippen LogP contribution in [-0.2, 0) is 16.6 Å². The Morgan fingerprint density at radius 1 is 1.43 bits per heavy atom. The summed E-state index contributed by atoms with van der Waals surface area (Å²) >= 11 is 0. The largest absolute Gasteiger partial charge is 0.396 e. The normalized spacial score (nSPS) is 13.2. The molecule has 2 aromatic rings. The van der Waals surface area contributed by atoms with Crippen molar-refractivity contribution < 1.29 is 13.5 Å². The van der Waals surface area contributed by atoms with E-state index in [0.29, 0.717) is 18.7 Å². The molecule has 1 atom stereocenters. The monoisotopic (exact) mass is 310 g/mol. The predicted octanol–water partition coefficient (Wildman–Crippen LogP) is 0.700. The lowest BCUT2D eigenvalue weighted by Crippen LogP contribution is -2.27. The number of nitrogens with zero attached hydrogens (tertiary/aromatic N) is 3. The third kappa shape index (κ3) is 4.10. The summed E-state index contributed by atoms with van der Waals surface area (Å²) in [5.41, 5.74) is 0.647. The molecule has 8 heteroatoms. The highest BCUT2D eigenvalue weighted by Crippen LogP contribution is 2.14. The van der Waals surface area contributed by atoms with Gasteiger partial charge in [-0.3, -0.25) is 9.67 Å². The molecule has 0 spiro atoms. The molecule has 0 bridgehead atoms. The van der Waals surface area contributed by atoms with E-state index in [-0.39, 0.29) is 11.5 Å². The lowest BCUT2D eigenvalue weighted by atomic mass is 10.2. The van der Waals surface area contributed by atoms with Gasteiger partial charge in [-0.2, -0.15) is 5.10 Å². The minimum Gasteiger partial charge on any atom is -0.396 e. The fourth-order valence-electron chi connectivity index (χ4n) is 1.83. The van der Waals surface area contributed by atoms with Gasteiger partial charge < -0.3 is 5.11 Å². The number of sulfonamides is 1. The molecule has 2 aromatic heterocycles. The van der Waals surface area contributed by atoms with Gasteiger partial charge in [0, 0.05) is 25.5 Å². The molecule has 0 aliphatic heterocycles. The van der Waals surface area contributed by atoms with Gasteiger partial charge in [0.05, 0.1) is 17.9 Å². The van der Waals surface area contributed by atoms with Crippen molar-refractivity contribution >= 4 is 10.0 Å². The Morgan fingerprint density at radius 3 is 2.90 bits per heavy atom. The van der Waals surface area contributed by atoms with Crippen molar-refractivity contribution in [1.29, 1.82) is 0 Å². The van der Waals surface area contributed by atoms with Crippen LogP contribution in [0.2, 0.25) is 0 Å². The third-order valence-electron chi connectivity index (χ3n) is 2.93. The Balaban J connectivity index is 2.09. The van der Waals surface area contributed by atoms with Crippen LogP contribution >= 0.6 is 0 Å². The fourth-order valence-corrected chi connectivity index (χ4v) is 3.00. The van der Waals surface area contributed by atoms with E-state index in [0.717, 1.165) is 0 Å². The Hall–Kier alpha value is -1.77. The van der Waals surface area contributed by atoms with Crippen LogP contribution in [-0.4, -0.2) is 34.9 Å². The van der Waals surface area contributed by atoms with Gasteiger partial charge in [0.2, 0.25) is 10.0 Å². The summed E-state index contributed by atoms with van der Waals surface area (Å²) < 4.78 is 28.6. The summed E-state index contributed by atoms with van der Waals surface area (Å²) in [5, 5.41) is 12.7. The van der Waals surface area contributed by atoms with Crippen molar-refractivity contribution in [3.8, 4) is 0 Å². The molecule has 0 aliphatic rings. The van der Waals surface area contributed by atoms with Crippen molar-refractivity contribution in [1.82, 2.24) is 19.5 Å². The summed E-state index contributed by atoms with van der Waals surface area (Å²) in [4.78, 5) is 4.23. The molecule has 0 radical (unpaired) electrons. The van der Waals surface area contributed by atoms with Gasteiger partial charge in [0.25, 0.3) is 0 Å². The number of nitrogens with one attached hydrogen (secondary N) is 1. The molecule has 0 saturated heterocycles. The number of aryl methyl sites for hydroxylation is 1. The Bertz CT molecular complexity index is 670. The van der Waals surface area contributed by atoms with Crippen LogP contribution in [0.4, 0.5) is 0 Å². The van der Waals surface area contributed by atoms with Gasteiger partial charge >= 0.3 is 0 Å². The first kappa shape index (κ1) is 15.6. The van der Waals surface area contributed by atoms with E-state index in [1.165, 1.54) is 17.1 Å². The first-order valence-electron chi connectivity index (χ1n) is 6.59. The van der Waals surface area contributed by atoms with E-state index in [2.05, 4.69) is 14.8 Å². The minimum absolute atomic E-state index is 0.0386. The molecular formula is C13H18N4O3S. The van der Waals surface area contributed by atoms with Crippen molar-refractivity contribution in [3.05, 3.63) is 42.5 Å². The molecule has 7 nitrogen and oxygen atoms in total. The van der Waals surface area contributed by atoms with Gasteiger partial charge in [0.1, 0.15) is 4.90 Å². The lowest BCUT2D eigenvalue weighted by molar-refractivity contribution is 0.277. The van der Waals surface area contributed by atoms with Gasteiger partial charge in [-0.05, 0) is 25.5 Å². The highest BCUT2D eigenvalue weighted by atomic mass is 32.2. The Labute approximate surface area is 123 Å². The maximum absolute atomic E-state index is 12.3. The number of aromatic nitrogens is 3. The lowest BCUT2D eigenvalue weighted by Gasteiger charge is -2.12. The zero-order valence-electron chi connectivity index (χ0n) is 11.7. The number of pyridine rings is 1. The van der Waals surface area contributed by atoms with E-state index in [4.69, 9.17) is 5.11 Å². The number of aliphatic hydroxyl groups is 1. The third-order valence-corrected chi connectivity index (χ3v) is 4.42. The summed E-state index contributed by atoms with van der Waals surface area (Å²) in [7, 11) is -3.65. The van der Waals surface area contributed by atoms with Crippen LogP contribution in [0.5, 0.6) is 0 Å². The van der Waals surface area contributed by atoms with Crippen molar-refractivity contribution in [2.24, 2.45) is 0 Å². The Kier molecular flexibility index (Phi) is 5.05. The minimum atomic E-state index is -3.65. The smallest absolute Gasteiger partial charge is 0.244 e. The van der Waals surface area contributed by atoms with Crippen LogP contribution in [0.25, 0.3) is 0 Å². The topological polar surface area (TPSA) is 97.1 Å². The van der Waals surface area contributed by atoms with Gasteiger partial charge in [-0.15, -0.1) is 0 Å². The van der Waals surface area contributed by atoms with Crippen LogP contribution < -0.4 is 4.72 Å². The average Bonchev–Trinajstić information content (AvgIpc) is 2.95. The highest BCUT2D eigenvalue weighted by molar-refractivity contribution is 7.89. The molecule has 114 valence electrons. The molecule has 1 unspecified atom stereocenters. The van der Waals surface area contributed by atoms with Gasteiger partial charge in [-0.1, -0.05) is 6.07 Å². The van der Waals surface area contributed by atoms with Gasteiger partial charge in [0.15, 0.2) is 0 Å². The predicted molar refractivity (Wildman–Crippen MR) is 76.9 cm³/mol. The molecular weight excluding hydrogens is 292 g/mol. The quantitative estimate of drug-likeness (QED) is 0.784. The molecule has 2 N–H and O–H groups in total. The van der Waals surface area contributed by atoms with Crippen LogP contribution in [0.1, 0.15) is 25.1 Å². The van der Waals surface area contributed by atoms with E-state index in [1.54, 1.807) is 31.3 Å². The Morgan fingerprint density at radius 2 is 2.24 bits per heavy atom. The van der Waals surface area contributed by atoms with Crippen molar-refractivity contribution in [3.63, 3.8) is 0 Å². The van der Waals surface area contributed by atoms with E-state index in [9.17, 15) is 8.42 Å².